The molecule has 4 heterocycles. The van der Waals surface area contributed by atoms with E-state index in [9.17, 15) is 9.50 Å². The molecule has 4 aromatic heterocycles. The number of H-pyrrole nitrogens is 2. The Labute approximate surface area is 205 Å². The van der Waals surface area contributed by atoms with Crippen LogP contribution in [0, 0.1) is 5.82 Å². The van der Waals surface area contributed by atoms with Gasteiger partial charge in [0.1, 0.15) is 17.1 Å². The first-order valence-electron chi connectivity index (χ1n) is 11.5. The van der Waals surface area contributed by atoms with E-state index < -0.39 is 5.82 Å². The van der Waals surface area contributed by atoms with Gasteiger partial charge in [-0.15, -0.1) is 0 Å². The molecule has 0 atom stereocenters. The number of phenols is 1. The van der Waals surface area contributed by atoms with E-state index in [-0.39, 0.29) is 11.8 Å². The molecule has 0 amide bonds. The molecule has 0 bridgehead atoms. The third kappa shape index (κ3) is 3.90. The summed E-state index contributed by atoms with van der Waals surface area (Å²) < 4.78 is 14.0. The van der Waals surface area contributed by atoms with Crippen LogP contribution in [0.25, 0.3) is 56.0 Å². The van der Waals surface area contributed by atoms with E-state index in [1.807, 2.05) is 36.4 Å². The minimum absolute atomic E-state index is 0.144. The Hall–Kier alpha value is -4.79. The number of phenolic OH excluding ortho intramolecular Hbond substituents is 1. The molecular formula is C27H22FN7O. The van der Waals surface area contributed by atoms with Crippen molar-refractivity contribution in [2.24, 2.45) is 0 Å². The number of halogens is 1. The number of aromatic nitrogens is 6. The standard InChI is InChI=1S/C27H22FN7O/c1-14(2)30-18-9-16(12-29-13-18)21-6-7-23-25(31-21)26(35-34-23)27-32-22-5-3-4-20(24(22)33-27)15-8-17(28)11-19(36)10-15/h3-14,30,36H,1-2H3,(H,32,33)(H,34,35). The number of fused-ring (bicyclic) bond motifs is 2. The van der Waals surface area contributed by atoms with E-state index in [1.54, 1.807) is 12.4 Å². The minimum atomic E-state index is -0.519. The number of pyridine rings is 2. The van der Waals surface area contributed by atoms with Gasteiger partial charge in [-0.25, -0.2) is 14.4 Å². The quantitative estimate of drug-likeness (QED) is 0.245. The van der Waals surface area contributed by atoms with Crippen LogP contribution in [0.15, 0.2) is 67.0 Å². The summed E-state index contributed by atoms with van der Waals surface area (Å²) in [6, 6.07) is 15.7. The summed E-state index contributed by atoms with van der Waals surface area (Å²) >= 11 is 0. The third-order valence-electron chi connectivity index (χ3n) is 5.83. The van der Waals surface area contributed by atoms with E-state index >= 15 is 0 Å². The monoisotopic (exact) mass is 479 g/mol. The Morgan fingerprint density at radius 3 is 2.64 bits per heavy atom. The van der Waals surface area contributed by atoms with Gasteiger partial charge in [0.25, 0.3) is 0 Å². The number of imidazole rings is 1. The highest BCUT2D eigenvalue weighted by molar-refractivity contribution is 5.96. The van der Waals surface area contributed by atoms with Crippen molar-refractivity contribution in [2.75, 3.05) is 5.32 Å². The summed E-state index contributed by atoms with van der Waals surface area (Å²) in [5.74, 6) is -0.132. The molecule has 6 rings (SSSR count). The summed E-state index contributed by atoms with van der Waals surface area (Å²) in [7, 11) is 0. The number of benzene rings is 2. The second kappa shape index (κ2) is 8.46. The SMILES string of the molecule is CC(C)Nc1cncc(-c2ccc3[nH]nc(-c4nc5c(-c6cc(O)cc(F)c6)cccc5[nH]4)c3n2)c1. The van der Waals surface area contributed by atoms with Crippen LogP contribution >= 0.6 is 0 Å². The van der Waals surface area contributed by atoms with Crippen LogP contribution in [0.5, 0.6) is 5.75 Å². The number of anilines is 1. The summed E-state index contributed by atoms with van der Waals surface area (Å²) in [4.78, 5) is 17.3. The normalized spacial score (nSPS) is 11.6. The van der Waals surface area contributed by atoms with Crippen molar-refractivity contribution in [3.8, 4) is 39.7 Å². The molecule has 178 valence electrons. The minimum Gasteiger partial charge on any atom is -0.508 e. The first-order chi connectivity index (χ1) is 17.4. The van der Waals surface area contributed by atoms with Gasteiger partial charge >= 0.3 is 0 Å². The molecule has 0 unspecified atom stereocenters. The summed E-state index contributed by atoms with van der Waals surface area (Å²) in [5, 5.41) is 20.7. The molecule has 9 heteroatoms. The number of rotatable bonds is 5. The molecule has 6 aromatic rings. The number of hydrogen-bond donors (Lipinski definition) is 4. The van der Waals surface area contributed by atoms with Gasteiger partial charge in [-0.2, -0.15) is 5.10 Å². The van der Waals surface area contributed by atoms with Crippen molar-refractivity contribution >= 4 is 27.8 Å². The van der Waals surface area contributed by atoms with E-state index in [4.69, 9.17) is 9.97 Å². The first-order valence-corrected chi connectivity index (χ1v) is 11.5. The smallest absolute Gasteiger partial charge is 0.161 e. The van der Waals surface area contributed by atoms with Gasteiger partial charge in [-0.1, -0.05) is 12.1 Å². The lowest BCUT2D eigenvalue weighted by atomic mass is 10.0. The van der Waals surface area contributed by atoms with Crippen molar-refractivity contribution in [1.29, 1.82) is 0 Å². The van der Waals surface area contributed by atoms with Gasteiger partial charge in [-0.05, 0) is 55.8 Å². The summed E-state index contributed by atoms with van der Waals surface area (Å²) in [5.41, 5.74) is 7.20. The van der Waals surface area contributed by atoms with Crippen molar-refractivity contribution in [3.05, 3.63) is 72.8 Å². The van der Waals surface area contributed by atoms with E-state index in [0.29, 0.717) is 33.7 Å². The number of para-hydroxylation sites is 1. The highest BCUT2D eigenvalue weighted by Crippen LogP contribution is 2.33. The largest absolute Gasteiger partial charge is 0.508 e. The fourth-order valence-corrected chi connectivity index (χ4v) is 4.32. The van der Waals surface area contributed by atoms with Gasteiger partial charge in [-0.3, -0.25) is 10.1 Å². The van der Waals surface area contributed by atoms with E-state index in [1.165, 1.54) is 12.1 Å². The molecule has 8 nitrogen and oxygen atoms in total. The zero-order chi connectivity index (χ0) is 24.8. The number of aromatic hydroxyl groups is 1. The Balaban J connectivity index is 1.45. The van der Waals surface area contributed by atoms with E-state index in [0.717, 1.165) is 34.0 Å². The average molecular weight is 480 g/mol. The van der Waals surface area contributed by atoms with Crippen LogP contribution < -0.4 is 5.32 Å². The highest BCUT2D eigenvalue weighted by Gasteiger charge is 2.17. The molecular weight excluding hydrogens is 457 g/mol. The maximum absolute atomic E-state index is 14.0. The Bertz CT molecular complexity index is 1720. The van der Waals surface area contributed by atoms with Crippen LogP contribution in [0.2, 0.25) is 0 Å². The lowest BCUT2D eigenvalue weighted by Gasteiger charge is -2.10. The van der Waals surface area contributed by atoms with E-state index in [2.05, 4.69) is 39.3 Å². The van der Waals surface area contributed by atoms with Gasteiger partial charge in [0.05, 0.1) is 27.9 Å². The average Bonchev–Trinajstić information content (AvgIpc) is 3.46. The van der Waals surface area contributed by atoms with Gasteiger partial charge < -0.3 is 15.4 Å². The lowest BCUT2D eigenvalue weighted by molar-refractivity contribution is 0.469. The number of nitrogens with one attached hydrogen (secondary N) is 3. The number of aromatic amines is 2. The molecule has 0 aliphatic carbocycles. The topological polar surface area (TPSA) is 115 Å². The van der Waals surface area contributed by atoms with Crippen molar-refractivity contribution in [2.45, 2.75) is 19.9 Å². The second-order valence-electron chi connectivity index (χ2n) is 8.91. The van der Waals surface area contributed by atoms with Crippen LogP contribution in [0.4, 0.5) is 10.1 Å². The Morgan fingerprint density at radius 2 is 1.81 bits per heavy atom. The van der Waals surface area contributed by atoms with Crippen LogP contribution in [0.1, 0.15) is 13.8 Å². The predicted octanol–water partition coefficient (Wildman–Crippen LogP) is 5.90. The molecule has 0 aliphatic rings. The molecule has 0 radical (unpaired) electrons. The second-order valence-corrected chi connectivity index (χ2v) is 8.91. The molecule has 36 heavy (non-hydrogen) atoms. The van der Waals surface area contributed by atoms with Gasteiger partial charge in [0.15, 0.2) is 11.5 Å². The van der Waals surface area contributed by atoms with Gasteiger partial charge in [0, 0.05) is 35.6 Å². The van der Waals surface area contributed by atoms with Crippen LogP contribution in [-0.2, 0) is 0 Å². The fraction of sp³-hybridized carbons (Fsp3) is 0.111. The Morgan fingerprint density at radius 1 is 0.917 bits per heavy atom. The fourth-order valence-electron chi connectivity index (χ4n) is 4.32. The molecule has 0 saturated carbocycles. The van der Waals surface area contributed by atoms with Crippen LogP contribution in [0.3, 0.4) is 0 Å². The van der Waals surface area contributed by atoms with Gasteiger partial charge in [0.2, 0.25) is 0 Å². The zero-order valence-corrected chi connectivity index (χ0v) is 19.5. The predicted molar refractivity (Wildman–Crippen MR) is 138 cm³/mol. The molecule has 0 spiro atoms. The summed E-state index contributed by atoms with van der Waals surface area (Å²) in [6.07, 6.45) is 3.57. The highest BCUT2D eigenvalue weighted by atomic mass is 19.1. The summed E-state index contributed by atoms with van der Waals surface area (Å²) in [6.45, 7) is 4.15. The maximum atomic E-state index is 14.0. The molecule has 2 aromatic carbocycles. The van der Waals surface area contributed by atoms with Crippen molar-refractivity contribution in [3.63, 3.8) is 0 Å². The van der Waals surface area contributed by atoms with Crippen LogP contribution in [-0.4, -0.2) is 41.3 Å². The maximum Gasteiger partial charge on any atom is 0.161 e. The first kappa shape index (κ1) is 21.7. The Kier molecular flexibility index (Phi) is 5.10. The van der Waals surface area contributed by atoms with Crippen molar-refractivity contribution < 1.29 is 9.50 Å². The zero-order valence-electron chi connectivity index (χ0n) is 19.5. The molecule has 0 saturated heterocycles. The number of nitrogens with zero attached hydrogens (tertiary/aromatic N) is 4. The molecule has 0 fully saturated rings. The lowest BCUT2D eigenvalue weighted by Crippen LogP contribution is -2.09. The molecule has 0 aliphatic heterocycles. The third-order valence-corrected chi connectivity index (χ3v) is 5.83. The van der Waals surface area contributed by atoms with Crippen molar-refractivity contribution in [1.82, 2.24) is 30.1 Å². The number of hydrogen-bond acceptors (Lipinski definition) is 6. The molecule has 4 N–H and O–H groups in total.